The van der Waals surface area contributed by atoms with Crippen molar-refractivity contribution in [3.63, 3.8) is 0 Å². The Morgan fingerprint density at radius 1 is 1.38 bits per heavy atom. The van der Waals surface area contributed by atoms with Crippen LogP contribution < -0.4 is 5.32 Å². The van der Waals surface area contributed by atoms with Gasteiger partial charge in [-0.25, -0.2) is 0 Å². The third kappa shape index (κ3) is 4.27. The van der Waals surface area contributed by atoms with Crippen LogP contribution in [-0.2, 0) is 13.0 Å². The number of hydrogen-bond donors (Lipinski definition) is 1. The smallest absolute Gasteiger partial charge is 0.292 e. The quantitative estimate of drug-likeness (QED) is 0.629. The van der Waals surface area contributed by atoms with Crippen LogP contribution in [0.3, 0.4) is 0 Å². The summed E-state index contributed by atoms with van der Waals surface area (Å²) in [7, 11) is 3.76. The number of likely N-dealkylation sites (N-methyl/N-ethyl adjacent to an activating group) is 1. The normalized spacial score (nSPS) is 10.8. The summed E-state index contributed by atoms with van der Waals surface area (Å²) in [5.74, 6) is 0. The van der Waals surface area contributed by atoms with Gasteiger partial charge in [0.2, 0.25) is 0 Å². The molecule has 0 saturated carbocycles. The molecule has 0 bridgehead atoms. The molecule has 0 unspecified atom stereocenters. The van der Waals surface area contributed by atoms with Crippen molar-refractivity contribution in [2.24, 2.45) is 0 Å². The first-order chi connectivity index (χ1) is 10.1. The molecule has 0 amide bonds. The monoisotopic (exact) mass is 305 g/mol. The van der Waals surface area contributed by atoms with E-state index >= 15 is 0 Å². The van der Waals surface area contributed by atoms with Crippen molar-refractivity contribution in [3.05, 3.63) is 56.3 Å². The average Bonchev–Trinajstić information content (AvgIpc) is 2.98. The molecular weight excluding hydrogens is 286 g/mol. The fraction of sp³-hybridized carbons (Fsp3) is 0.333. The molecule has 1 heterocycles. The first kappa shape index (κ1) is 15.5. The standard InChI is InChI=1S/C15H19N3O2S/c1-16-14-10-12(5-6-15(14)18(19)20)11-17(2)8-7-13-4-3-9-21-13/h3-6,9-10,16H,7-8,11H2,1-2H3. The number of anilines is 1. The summed E-state index contributed by atoms with van der Waals surface area (Å²) in [5.41, 5.74) is 1.74. The van der Waals surface area contributed by atoms with Crippen molar-refractivity contribution in [2.45, 2.75) is 13.0 Å². The van der Waals surface area contributed by atoms with Gasteiger partial charge in [0, 0.05) is 31.1 Å². The van der Waals surface area contributed by atoms with Gasteiger partial charge in [-0.3, -0.25) is 10.1 Å². The Morgan fingerprint density at radius 2 is 2.19 bits per heavy atom. The minimum atomic E-state index is -0.365. The van der Waals surface area contributed by atoms with Crippen molar-refractivity contribution in [2.75, 3.05) is 26.0 Å². The van der Waals surface area contributed by atoms with E-state index in [0.29, 0.717) is 5.69 Å². The van der Waals surface area contributed by atoms with E-state index in [4.69, 9.17) is 0 Å². The number of nitrogens with zero attached hydrogens (tertiary/aromatic N) is 2. The average molecular weight is 305 g/mol. The zero-order chi connectivity index (χ0) is 15.2. The third-order valence-corrected chi connectivity index (χ3v) is 4.24. The molecule has 1 aromatic carbocycles. The molecule has 0 atom stereocenters. The highest BCUT2D eigenvalue weighted by molar-refractivity contribution is 7.09. The second-order valence-electron chi connectivity index (χ2n) is 4.93. The summed E-state index contributed by atoms with van der Waals surface area (Å²) in [4.78, 5) is 14.1. The molecule has 0 saturated heterocycles. The molecule has 112 valence electrons. The minimum Gasteiger partial charge on any atom is -0.383 e. The molecule has 0 radical (unpaired) electrons. The Kier molecular flexibility index (Phi) is 5.30. The highest BCUT2D eigenvalue weighted by atomic mass is 32.1. The number of rotatable bonds is 7. The highest BCUT2D eigenvalue weighted by Crippen LogP contribution is 2.25. The predicted molar refractivity (Wildman–Crippen MR) is 87.0 cm³/mol. The largest absolute Gasteiger partial charge is 0.383 e. The molecule has 0 aliphatic carbocycles. The van der Waals surface area contributed by atoms with E-state index in [1.165, 1.54) is 4.88 Å². The topological polar surface area (TPSA) is 58.4 Å². The van der Waals surface area contributed by atoms with Crippen LogP contribution in [0.2, 0.25) is 0 Å². The molecule has 0 fully saturated rings. The summed E-state index contributed by atoms with van der Waals surface area (Å²) >= 11 is 1.77. The summed E-state index contributed by atoms with van der Waals surface area (Å²) in [6.07, 6.45) is 1.03. The molecule has 5 nitrogen and oxygen atoms in total. The highest BCUT2D eigenvalue weighted by Gasteiger charge is 2.13. The Morgan fingerprint density at radius 3 is 2.81 bits per heavy atom. The Bertz CT molecular complexity index is 599. The molecule has 2 aromatic rings. The molecule has 0 spiro atoms. The van der Waals surface area contributed by atoms with Gasteiger partial charge in [-0.15, -0.1) is 11.3 Å². The Labute approximate surface area is 128 Å². The van der Waals surface area contributed by atoms with Crippen molar-refractivity contribution in [1.82, 2.24) is 4.90 Å². The van der Waals surface area contributed by atoms with Gasteiger partial charge in [0.1, 0.15) is 5.69 Å². The van der Waals surface area contributed by atoms with Crippen molar-refractivity contribution < 1.29 is 4.92 Å². The van der Waals surface area contributed by atoms with Gasteiger partial charge in [0.05, 0.1) is 4.92 Å². The van der Waals surface area contributed by atoms with Crippen LogP contribution in [0, 0.1) is 10.1 Å². The van der Waals surface area contributed by atoms with E-state index in [0.717, 1.165) is 25.1 Å². The summed E-state index contributed by atoms with van der Waals surface area (Å²) in [6.45, 7) is 1.74. The number of thiophene rings is 1. The third-order valence-electron chi connectivity index (χ3n) is 3.30. The zero-order valence-corrected chi connectivity index (χ0v) is 13.0. The molecule has 21 heavy (non-hydrogen) atoms. The lowest BCUT2D eigenvalue weighted by Gasteiger charge is -2.16. The lowest BCUT2D eigenvalue weighted by Crippen LogP contribution is -2.20. The lowest BCUT2D eigenvalue weighted by molar-refractivity contribution is -0.384. The molecular formula is C15H19N3O2S. The first-order valence-electron chi connectivity index (χ1n) is 6.76. The Hall–Kier alpha value is -1.92. The van der Waals surface area contributed by atoms with E-state index in [-0.39, 0.29) is 10.6 Å². The number of nitro benzene ring substituents is 1. The molecule has 1 N–H and O–H groups in total. The van der Waals surface area contributed by atoms with E-state index < -0.39 is 0 Å². The van der Waals surface area contributed by atoms with Gasteiger partial charge in [-0.2, -0.15) is 0 Å². The zero-order valence-electron chi connectivity index (χ0n) is 12.2. The second-order valence-corrected chi connectivity index (χ2v) is 5.96. The van der Waals surface area contributed by atoms with Crippen molar-refractivity contribution >= 4 is 22.7 Å². The van der Waals surface area contributed by atoms with Crippen LogP contribution in [0.1, 0.15) is 10.4 Å². The number of hydrogen-bond acceptors (Lipinski definition) is 5. The molecule has 6 heteroatoms. The molecule has 1 aromatic heterocycles. The van der Waals surface area contributed by atoms with Gasteiger partial charge in [0.25, 0.3) is 5.69 Å². The van der Waals surface area contributed by atoms with Crippen molar-refractivity contribution in [1.29, 1.82) is 0 Å². The van der Waals surface area contributed by atoms with Crippen LogP contribution in [0.15, 0.2) is 35.7 Å². The fourth-order valence-electron chi connectivity index (χ4n) is 2.19. The maximum atomic E-state index is 10.9. The molecule has 2 rings (SSSR count). The van der Waals surface area contributed by atoms with E-state index in [1.807, 2.05) is 12.1 Å². The fourth-order valence-corrected chi connectivity index (χ4v) is 2.89. The molecule has 0 aliphatic heterocycles. The maximum absolute atomic E-state index is 10.9. The summed E-state index contributed by atoms with van der Waals surface area (Å²) in [5, 5.41) is 15.9. The SMILES string of the molecule is CNc1cc(CN(C)CCc2cccs2)ccc1[N+](=O)[O-]. The van der Waals surface area contributed by atoms with Crippen LogP contribution in [0.5, 0.6) is 0 Å². The van der Waals surface area contributed by atoms with Crippen LogP contribution in [-0.4, -0.2) is 30.5 Å². The maximum Gasteiger partial charge on any atom is 0.292 e. The van der Waals surface area contributed by atoms with E-state index in [2.05, 4.69) is 34.8 Å². The van der Waals surface area contributed by atoms with Crippen LogP contribution in [0.25, 0.3) is 0 Å². The summed E-state index contributed by atoms with van der Waals surface area (Å²) < 4.78 is 0. The van der Waals surface area contributed by atoms with Gasteiger partial charge in [0.15, 0.2) is 0 Å². The van der Waals surface area contributed by atoms with Gasteiger partial charge in [-0.05, 0) is 36.5 Å². The van der Waals surface area contributed by atoms with Gasteiger partial charge >= 0.3 is 0 Å². The molecule has 0 aliphatic rings. The van der Waals surface area contributed by atoms with Gasteiger partial charge < -0.3 is 10.2 Å². The predicted octanol–water partition coefficient (Wildman–Crippen LogP) is 3.37. The summed E-state index contributed by atoms with van der Waals surface area (Å²) in [6, 6.07) is 9.44. The Balaban J connectivity index is 1.97. The van der Waals surface area contributed by atoms with E-state index in [1.54, 1.807) is 24.5 Å². The number of nitrogens with one attached hydrogen (secondary N) is 1. The first-order valence-corrected chi connectivity index (χ1v) is 7.64. The second kappa shape index (κ2) is 7.19. The lowest BCUT2D eigenvalue weighted by atomic mass is 10.1. The van der Waals surface area contributed by atoms with Crippen molar-refractivity contribution in [3.8, 4) is 0 Å². The van der Waals surface area contributed by atoms with Crippen LogP contribution in [0.4, 0.5) is 11.4 Å². The van der Waals surface area contributed by atoms with E-state index in [9.17, 15) is 10.1 Å². The number of nitro groups is 1. The minimum absolute atomic E-state index is 0.113. The van der Waals surface area contributed by atoms with Crippen LogP contribution >= 0.6 is 11.3 Å². The van der Waals surface area contributed by atoms with Gasteiger partial charge in [-0.1, -0.05) is 12.1 Å². The number of benzene rings is 1.